The smallest absolute Gasteiger partial charge is 1.00 e. The van der Waals surface area contributed by atoms with Crippen LogP contribution in [0.4, 0.5) is 0 Å². The van der Waals surface area contributed by atoms with Crippen LogP contribution in [-0.4, -0.2) is 0 Å². The molecule has 172 valence electrons. The van der Waals surface area contributed by atoms with E-state index in [4.69, 9.17) is 0 Å². The third-order valence-corrected chi connectivity index (χ3v) is 7.72. The van der Waals surface area contributed by atoms with Crippen molar-refractivity contribution in [2.24, 2.45) is 0 Å². The Kier molecular flexibility index (Phi) is 9.29. The molecule has 0 amide bonds. The predicted molar refractivity (Wildman–Crippen MR) is 132 cm³/mol. The van der Waals surface area contributed by atoms with E-state index in [0.29, 0.717) is 11.8 Å². The average molecular weight is 557 g/mol. The van der Waals surface area contributed by atoms with Gasteiger partial charge in [0.15, 0.2) is 0 Å². The van der Waals surface area contributed by atoms with Gasteiger partial charge in [0.05, 0.1) is 0 Å². The van der Waals surface area contributed by atoms with Gasteiger partial charge in [-0.25, -0.2) is 0 Å². The maximum absolute atomic E-state index is 2.38. The first-order chi connectivity index (χ1) is 14.4. The predicted octanol–water partition coefficient (Wildman–Crippen LogP) is 2.18. The van der Waals surface area contributed by atoms with Crippen LogP contribution in [0.15, 0.2) is 36.4 Å². The molecule has 0 unspecified atom stereocenters. The van der Waals surface area contributed by atoms with Crippen molar-refractivity contribution in [2.45, 2.75) is 79.1 Å². The molecule has 0 nitrogen and oxygen atoms in total. The monoisotopic (exact) mass is 554 g/mol. The fourth-order valence-corrected chi connectivity index (χ4v) is 6.27. The van der Waals surface area contributed by atoms with Gasteiger partial charge < -0.3 is 24.8 Å². The third kappa shape index (κ3) is 4.44. The Balaban J connectivity index is 0.00000128. The van der Waals surface area contributed by atoms with E-state index in [1.165, 1.54) is 47.6 Å². The number of halogens is 2. The van der Waals surface area contributed by atoms with Gasteiger partial charge in [-0.3, -0.25) is 0 Å². The second kappa shape index (κ2) is 10.8. The quantitative estimate of drug-likeness (QED) is 0.332. The van der Waals surface area contributed by atoms with Crippen LogP contribution in [0.1, 0.15) is 84.0 Å². The standard InChI is InChI=1S/C30H34.2ClH.Zr/c1-17(2)21-9-7-11-27-25-15-16-26-24(14-13-23(25)19(5)29(21)27)20(6)30-22(18(3)4)10-8-12-28(26)30;;;/h7-12,17-18H,13-16H2,1-6H3;2*1H;/q-2;;;+4/p-2. The second-order valence-corrected chi connectivity index (χ2v) is 10.0. The summed E-state index contributed by atoms with van der Waals surface area (Å²) in [5, 5.41) is 6.13. The van der Waals surface area contributed by atoms with Crippen LogP contribution < -0.4 is 24.8 Å². The SMILES string of the molecule is Cc1c2[c-](c3cccc(C(C)C)c13)CC[c-]1c(c(C)c3c(C(C)C)cccc31)CC2.[Cl-].[Cl-].[Zr+4]. The molecule has 0 bridgehead atoms. The van der Waals surface area contributed by atoms with Gasteiger partial charge in [0.2, 0.25) is 0 Å². The summed E-state index contributed by atoms with van der Waals surface area (Å²) < 4.78 is 0. The summed E-state index contributed by atoms with van der Waals surface area (Å²) in [5.74, 6) is 1.14. The van der Waals surface area contributed by atoms with Crippen LogP contribution in [0.2, 0.25) is 0 Å². The van der Waals surface area contributed by atoms with Crippen molar-refractivity contribution in [1.82, 2.24) is 0 Å². The van der Waals surface area contributed by atoms with E-state index >= 15 is 0 Å². The zero-order chi connectivity index (χ0) is 21.2. The van der Waals surface area contributed by atoms with Crippen LogP contribution in [0.5, 0.6) is 0 Å². The minimum absolute atomic E-state index is 0. The maximum atomic E-state index is 2.38. The van der Waals surface area contributed by atoms with Gasteiger partial charge in [-0.05, 0) is 24.7 Å². The number of aryl methyl sites for hydroxylation is 4. The molecule has 5 rings (SSSR count). The fraction of sp³-hybridized carbons (Fsp3) is 0.400. The van der Waals surface area contributed by atoms with E-state index < -0.39 is 0 Å². The van der Waals surface area contributed by atoms with E-state index in [-0.39, 0.29) is 51.0 Å². The van der Waals surface area contributed by atoms with Crippen molar-refractivity contribution < 1.29 is 51.0 Å². The molecule has 4 aromatic rings. The molecule has 1 aliphatic rings. The molecule has 3 heteroatoms. The topological polar surface area (TPSA) is 0 Å². The molecule has 0 heterocycles. The van der Waals surface area contributed by atoms with Crippen LogP contribution in [0.3, 0.4) is 0 Å². The zero-order valence-corrected chi connectivity index (χ0v) is 24.7. The van der Waals surface area contributed by atoms with Crippen molar-refractivity contribution in [3.63, 3.8) is 0 Å². The number of fused-ring (bicyclic) bond motifs is 6. The summed E-state index contributed by atoms with van der Waals surface area (Å²) in [6.45, 7) is 14.1. The molecule has 0 N–H and O–H groups in total. The molecule has 0 saturated carbocycles. The third-order valence-electron chi connectivity index (χ3n) is 7.72. The Labute approximate surface area is 231 Å². The fourth-order valence-electron chi connectivity index (χ4n) is 6.27. The first-order valence-corrected chi connectivity index (χ1v) is 11.8. The van der Waals surface area contributed by atoms with Gasteiger partial charge >= 0.3 is 26.2 Å². The summed E-state index contributed by atoms with van der Waals surface area (Å²) in [4.78, 5) is 0. The van der Waals surface area contributed by atoms with Gasteiger partial charge in [0.25, 0.3) is 0 Å². The van der Waals surface area contributed by atoms with Crippen molar-refractivity contribution in [3.8, 4) is 0 Å². The molecule has 1 aliphatic carbocycles. The largest absolute Gasteiger partial charge is 4.00 e. The van der Waals surface area contributed by atoms with Crippen LogP contribution in [-0.2, 0) is 51.9 Å². The van der Waals surface area contributed by atoms with Crippen molar-refractivity contribution in [1.29, 1.82) is 0 Å². The summed E-state index contributed by atoms with van der Waals surface area (Å²) in [6, 6.07) is 14.0. The number of rotatable bonds is 2. The molecule has 33 heavy (non-hydrogen) atoms. The van der Waals surface area contributed by atoms with Crippen LogP contribution in [0, 0.1) is 13.8 Å². The van der Waals surface area contributed by atoms with Crippen molar-refractivity contribution in [2.75, 3.05) is 0 Å². The van der Waals surface area contributed by atoms with Crippen molar-refractivity contribution in [3.05, 3.63) is 80.9 Å². The summed E-state index contributed by atoms with van der Waals surface area (Å²) in [6.07, 6.45) is 4.68. The Morgan fingerprint density at radius 1 is 0.636 bits per heavy atom. The molecule has 0 aliphatic heterocycles. The van der Waals surface area contributed by atoms with Crippen LogP contribution >= 0.6 is 0 Å². The molecule has 0 spiro atoms. The number of hydrogen-bond donors (Lipinski definition) is 0. The van der Waals surface area contributed by atoms with Gasteiger partial charge in [-0.2, -0.15) is 11.1 Å². The van der Waals surface area contributed by atoms with E-state index in [1.54, 1.807) is 44.2 Å². The first-order valence-electron chi connectivity index (χ1n) is 11.8. The number of hydrogen-bond acceptors (Lipinski definition) is 0. The Hall–Kier alpha value is -0.877. The van der Waals surface area contributed by atoms with E-state index in [0.717, 1.165) is 0 Å². The van der Waals surface area contributed by atoms with Gasteiger partial charge in [0.1, 0.15) is 0 Å². The Morgan fingerprint density at radius 3 is 1.33 bits per heavy atom. The Morgan fingerprint density at radius 2 is 1.00 bits per heavy atom. The molecule has 0 fully saturated rings. The average Bonchev–Trinajstić information content (AvgIpc) is 3.12. The van der Waals surface area contributed by atoms with Gasteiger partial charge in [-0.1, -0.05) is 77.6 Å². The van der Waals surface area contributed by atoms with E-state index in [2.05, 4.69) is 77.9 Å². The van der Waals surface area contributed by atoms with E-state index in [9.17, 15) is 0 Å². The van der Waals surface area contributed by atoms with Gasteiger partial charge in [0, 0.05) is 0 Å². The number of benzene rings is 2. The maximum Gasteiger partial charge on any atom is 4.00 e. The summed E-state index contributed by atoms with van der Waals surface area (Å²) in [5.41, 5.74) is 12.7. The molecular weight excluding hydrogens is 522 g/mol. The second-order valence-electron chi connectivity index (χ2n) is 10.0. The molecule has 0 atom stereocenters. The molecule has 4 aromatic carbocycles. The summed E-state index contributed by atoms with van der Waals surface area (Å²) >= 11 is 0. The minimum atomic E-state index is 0. The van der Waals surface area contributed by atoms with E-state index in [1.807, 2.05) is 0 Å². The molecular formula is C30H34Cl2Zr. The zero-order valence-electron chi connectivity index (χ0n) is 20.7. The Bertz CT molecular complexity index is 1170. The van der Waals surface area contributed by atoms with Crippen molar-refractivity contribution >= 4 is 21.5 Å². The minimum Gasteiger partial charge on any atom is -1.00 e. The molecule has 0 aromatic heterocycles. The van der Waals surface area contributed by atoms with Crippen LogP contribution in [0.25, 0.3) is 21.5 Å². The normalized spacial score (nSPS) is 13.1. The van der Waals surface area contributed by atoms with Gasteiger partial charge in [-0.15, -0.1) is 68.1 Å². The molecule has 0 saturated heterocycles. The summed E-state index contributed by atoms with van der Waals surface area (Å²) in [7, 11) is 0. The molecule has 0 radical (unpaired) electrons. The first kappa shape index (κ1) is 28.4.